The SMILES string of the molecule is CCc1ccc(N2CC(C(=O)NC(C)CCC(=O)O)CC2=O)cc1. The molecule has 1 saturated heterocycles. The summed E-state index contributed by atoms with van der Waals surface area (Å²) < 4.78 is 0. The number of hydrogen-bond donors (Lipinski definition) is 2. The largest absolute Gasteiger partial charge is 0.481 e. The van der Waals surface area contributed by atoms with Gasteiger partial charge in [0.1, 0.15) is 0 Å². The average Bonchev–Trinajstić information content (AvgIpc) is 2.95. The summed E-state index contributed by atoms with van der Waals surface area (Å²) in [5.41, 5.74) is 2.01. The van der Waals surface area contributed by atoms with Crippen molar-refractivity contribution < 1.29 is 19.5 Å². The second-order valence-electron chi connectivity index (χ2n) is 6.27. The third kappa shape index (κ3) is 4.57. The van der Waals surface area contributed by atoms with Crippen molar-refractivity contribution in [2.45, 2.75) is 45.6 Å². The molecule has 2 rings (SSSR count). The number of rotatable bonds is 7. The molecule has 1 aromatic carbocycles. The molecule has 6 nitrogen and oxygen atoms in total. The summed E-state index contributed by atoms with van der Waals surface area (Å²) in [6.45, 7) is 4.21. The monoisotopic (exact) mass is 332 g/mol. The molecule has 1 aliphatic heterocycles. The predicted octanol–water partition coefficient (Wildman–Crippen LogP) is 1.97. The second-order valence-corrected chi connectivity index (χ2v) is 6.27. The van der Waals surface area contributed by atoms with Crippen molar-refractivity contribution in [1.29, 1.82) is 0 Å². The molecule has 2 atom stereocenters. The number of amides is 2. The highest BCUT2D eigenvalue weighted by Gasteiger charge is 2.35. The standard InChI is InChI=1S/C18H24N2O4/c1-3-13-5-7-15(8-6-13)20-11-14(10-16(20)21)18(24)19-12(2)4-9-17(22)23/h5-8,12,14H,3-4,9-11H2,1-2H3,(H,19,24)(H,22,23). The van der Waals surface area contributed by atoms with Gasteiger partial charge in [-0.3, -0.25) is 14.4 Å². The number of carbonyl (C=O) groups excluding carboxylic acids is 2. The van der Waals surface area contributed by atoms with Crippen LogP contribution in [0.5, 0.6) is 0 Å². The van der Waals surface area contributed by atoms with Crippen LogP contribution in [-0.4, -0.2) is 35.5 Å². The third-order valence-corrected chi connectivity index (χ3v) is 4.33. The Balaban J connectivity index is 1.93. The second kappa shape index (κ2) is 7.95. The van der Waals surface area contributed by atoms with E-state index in [0.29, 0.717) is 13.0 Å². The molecular formula is C18H24N2O4. The number of nitrogens with one attached hydrogen (secondary N) is 1. The van der Waals surface area contributed by atoms with Crippen LogP contribution in [0.2, 0.25) is 0 Å². The number of aryl methyl sites for hydroxylation is 1. The van der Waals surface area contributed by atoms with Gasteiger partial charge in [-0.05, 0) is 37.5 Å². The summed E-state index contributed by atoms with van der Waals surface area (Å²) >= 11 is 0. The first-order chi connectivity index (χ1) is 11.4. The van der Waals surface area contributed by atoms with Gasteiger partial charge in [-0.25, -0.2) is 0 Å². The molecule has 0 aromatic heterocycles. The van der Waals surface area contributed by atoms with Gasteiger partial charge >= 0.3 is 5.97 Å². The topological polar surface area (TPSA) is 86.7 Å². The minimum atomic E-state index is -0.881. The number of carbonyl (C=O) groups is 3. The Hall–Kier alpha value is -2.37. The third-order valence-electron chi connectivity index (χ3n) is 4.33. The maximum absolute atomic E-state index is 12.3. The summed E-state index contributed by atoms with van der Waals surface area (Å²) in [5, 5.41) is 11.5. The minimum absolute atomic E-state index is 0.0148. The van der Waals surface area contributed by atoms with E-state index in [2.05, 4.69) is 12.2 Å². The van der Waals surface area contributed by atoms with Gasteiger partial charge in [-0.2, -0.15) is 0 Å². The van der Waals surface area contributed by atoms with E-state index in [0.717, 1.165) is 12.1 Å². The molecule has 0 bridgehead atoms. The Morgan fingerprint density at radius 1 is 1.33 bits per heavy atom. The van der Waals surface area contributed by atoms with Crippen LogP contribution in [0.3, 0.4) is 0 Å². The molecule has 0 saturated carbocycles. The van der Waals surface area contributed by atoms with Crippen LogP contribution in [-0.2, 0) is 20.8 Å². The first-order valence-corrected chi connectivity index (χ1v) is 8.32. The van der Waals surface area contributed by atoms with Gasteiger partial charge in [0.2, 0.25) is 11.8 Å². The van der Waals surface area contributed by atoms with Crippen LogP contribution in [0.1, 0.15) is 38.7 Å². The fraction of sp³-hybridized carbons (Fsp3) is 0.500. The highest BCUT2D eigenvalue weighted by atomic mass is 16.4. The van der Waals surface area contributed by atoms with Crippen molar-refractivity contribution in [1.82, 2.24) is 5.32 Å². The van der Waals surface area contributed by atoms with Gasteiger partial charge in [0.25, 0.3) is 0 Å². The zero-order valence-corrected chi connectivity index (χ0v) is 14.1. The summed E-state index contributed by atoms with van der Waals surface area (Å²) in [6, 6.07) is 7.58. The lowest BCUT2D eigenvalue weighted by atomic mass is 10.1. The Bertz CT molecular complexity index is 612. The summed E-state index contributed by atoms with van der Waals surface area (Å²) in [4.78, 5) is 36.7. The minimum Gasteiger partial charge on any atom is -0.481 e. The van der Waals surface area contributed by atoms with Crippen LogP contribution < -0.4 is 10.2 Å². The molecule has 2 unspecified atom stereocenters. The smallest absolute Gasteiger partial charge is 0.303 e. The number of benzene rings is 1. The van der Waals surface area contributed by atoms with Crippen molar-refractivity contribution in [3.8, 4) is 0 Å². The molecule has 130 valence electrons. The van der Waals surface area contributed by atoms with Gasteiger partial charge in [-0.1, -0.05) is 19.1 Å². The summed E-state index contributed by atoms with van der Waals surface area (Å²) in [5.74, 6) is -1.52. The highest BCUT2D eigenvalue weighted by molar-refractivity contribution is 6.00. The Labute approximate surface area is 141 Å². The van der Waals surface area contributed by atoms with E-state index in [9.17, 15) is 14.4 Å². The van der Waals surface area contributed by atoms with E-state index in [-0.39, 0.29) is 30.7 Å². The molecule has 1 fully saturated rings. The lowest BCUT2D eigenvalue weighted by molar-refractivity contribution is -0.137. The van der Waals surface area contributed by atoms with Crippen molar-refractivity contribution >= 4 is 23.5 Å². The molecule has 24 heavy (non-hydrogen) atoms. The predicted molar refractivity (Wildman–Crippen MR) is 90.8 cm³/mol. The van der Waals surface area contributed by atoms with E-state index in [1.165, 1.54) is 5.56 Å². The van der Waals surface area contributed by atoms with Crippen molar-refractivity contribution in [2.24, 2.45) is 5.92 Å². The van der Waals surface area contributed by atoms with E-state index < -0.39 is 11.9 Å². The van der Waals surface area contributed by atoms with E-state index in [1.807, 2.05) is 24.3 Å². The number of hydrogen-bond acceptors (Lipinski definition) is 3. The van der Waals surface area contributed by atoms with Crippen molar-refractivity contribution in [2.75, 3.05) is 11.4 Å². The van der Waals surface area contributed by atoms with E-state index in [4.69, 9.17) is 5.11 Å². The average molecular weight is 332 g/mol. The van der Waals surface area contributed by atoms with E-state index >= 15 is 0 Å². The molecule has 6 heteroatoms. The number of nitrogens with zero attached hydrogens (tertiary/aromatic N) is 1. The fourth-order valence-corrected chi connectivity index (χ4v) is 2.82. The number of carboxylic acids is 1. The lowest BCUT2D eigenvalue weighted by Crippen LogP contribution is -2.38. The fourth-order valence-electron chi connectivity index (χ4n) is 2.82. The zero-order chi connectivity index (χ0) is 17.7. The van der Waals surface area contributed by atoms with Gasteiger partial charge in [0.05, 0.1) is 5.92 Å². The van der Waals surface area contributed by atoms with Crippen molar-refractivity contribution in [3.05, 3.63) is 29.8 Å². The Morgan fingerprint density at radius 2 is 2.00 bits per heavy atom. The Morgan fingerprint density at radius 3 is 2.58 bits per heavy atom. The van der Waals surface area contributed by atoms with Gasteiger partial charge in [0, 0.05) is 31.1 Å². The number of anilines is 1. The van der Waals surface area contributed by atoms with Gasteiger partial charge in [-0.15, -0.1) is 0 Å². The van der Waals surface area contributed by atoms with Gasteiger partial charge in [0.15, 0.2) is 0 Å². The molecule has 0 spiro atoms. The lowest BCUT2D eigenvalue weighted by Gasteiger charge is -2.18. The van der Waals surface area contributed by atoms with Crippen LogP contribution in [0.15, 0.2) is 24.3 Å². The maximum Gasteiger partial charge on any atom is 0.303 e. The number of carboxylic acid groups (broad SMARTS) is 1. The molecule has 0 aliphatic carbocycles. The van der Waals surface area contributed by atoms with E-state index in [1.54, 1.807) is 11.8 Å². The van der Waals surface area contributed by atoms with Gasteiger partial charge < -0.3 is 15.3 Å². The highest BCUT2D eigenvalue weighted by Crippen LogP contribution is 2.25. The molecule has 1 aromatic rings. The number of aliphatic carboxylic acids is 1. The molecule has 1 heterocycles. The summed E-state index contributed by atoms with van der Waals surface area (Å²) in [6.07, 6.45) is 1.52. The summed E-state index contributed by atoms with van der Waals surface area (Å²) in [7, 11) is 0. The normalized spacial score (nSPS) is 18.5. The van der Waals surface area contributed by atoms with Crippen LogP contribution in [0.4, 0.5) is 5.69 Å². The zero-order valence-electron chi connectivity index (χ0n) is 14.1. The first-order valence-electron chi connectivity index (χ1n) is 8.32. The molecular weight excluding hydrogens is 308 g/mol. The Kier molecular flexibility index (Phi) is 5.95. The van der Waals surface area contributed by atoms with Crippen molar-refractivity contribution in [3.63, 3.8) is 0 Å². The van der Waals surface area contributed by atoms with Crippen LogP contribution >= 0.6 is 0 Å². The maximum atomic E-state index is 12.3. The first kappa shape index (κ1) is 18.0. The molecule has 0 radical (unpaired) electrons. The molecule has 1 aliphatic rings. The molecule has 2 N–H and O–H groups in total. The van der Waals surface area contributed by atoms with Crippen LogP contribution in [0, 0.1) is 5.92 Å². The molecule has 2 amide bonds. The van der Waals surface area contributed by atoms with Crippen LogP contribution in [0.25, 0.3) is 0 Å². The quantitative estimate of drug-likeness (QED) is 0.799.